The minimum absolute atomic E-state index is 0.131. The molecule has 0 aliphatic rings. The summed E-state index contributed by atoms with van der Waals surface area (Å²) >= 11 is 0. The fourth-order valence-corrected chi connectivity index (χ4v) is 1.55. The number of rotatable bonds is 6. The molecule has 1 unspecified atom stereocenters. The highest BCUT2D eigenvalue weighted by atomic mass is 19.1. The molecule has 0 saturated carbocycles. The second kappa shape index (κ2) is 6.29. The summed E-state index contributed by atoms with van der Waals surface area (Å²) in [5, 5.41) is 11.4. The van der Waals surface area contributed by atoms with Gasteiger partial charge in [-0.25, -0.2) is 9.18 Å². The van der Waals surface area contributed by atoms with Crippen molar-refractivity contribution in [2.75, 3.05) is 0 Å². The lowest BCUT2D eigenvalue weighted by atomic mass is 10.0. The smallest absolute Gasteiger partial charge is 0.344 e. The number of nitrogens with one attached hydrogen (secondary N) is 1. The number of amides is 1. The number of benzene rings is 1. The third kappa shape index (κ3) is 4.03. The van der Waals surface area contributed by atoms with Crippen LogP contribution in [-0.4, -0.2) is 22.6 Å². The Bertz CT molecular complexity index is 461. The molecule has 1 aromatic carbocycles. The Balaban J connectivity index is 2.82. The molecule has 1 aromatic rings. The zero-order valence-corrected chi connectivity index (χ0v) is 10.6. The molecule has 0 bridgehead atoms. The van der Waals surface area contributed by atoms with Gasteiger partial charge in [-0.2, -0.15) is 0 Å². The van der Waals surface area contributed by atoms with Gasteiger partial charge in [0.1, 0.15) is 5.82 Å². The quantitative estimate of drug-likeness (QED) is 0.681. The van der Waals surface area contributed by atoms with Crippen LogP contribution < -0.4 is 11.1 Å². The van der Waals surface area contributed by atoms with Crippen LogP contribution in [0.25, 0.3) is 0 Å². The lowest BCUT2D eigenvalue weighted by Crippen LogP contribution is -2.61. The minimum Gasteiger partial charge on any atom is -0.478 e. The number of halogens is 1. The van der Waals surface area contributed by atoms with Crippen LogP contribution in [0.15, 0.2) is 24.3 Å². The van der Waals surface area contributed by atoms with Gasteiger partial charge in [0.2, 0.25) is 0 Å². The van der Waals surface area contributed by atoms with Crippen molar-refractivity contribution in [2.45, 2.75) is 31.8 Å². The van der Waals surface area contributed by atoms with E-state index in [1.165, 1.54) is 12.1 Å². The van der Waals surface area contributed by atoms with E-state index in [0.29, 0.717) is 6.42 Å². The van der Waals surface area contributed by atoms with Gasteiger partial charge < -0.3 is 10.4 Å². The van der Waals surface area contributed by atoms with Crippen LogP contribution in [0.2, 0.25) is 0 Å². The molecule has 5 nitrogen and oxygen atoms in total. The van der Waals surface area contributed by atoms with E-state index in [1.807, 2.05) is 6.92 Å². The van der Waals surface area contributed by atoms with E-state index >= 15 is 0 Å². The number of carboxylic acids is 1. The molecule has 19 heavy (non-hydrogen) atoms. The molecular weight excluding hydrogens is 251 g/mol. The van der Waals surface area contributed by atoms with Gasteiger partial charge in [-0.15, -0.1) is 0 Å². The van der Waals surface area contributed by atoms with Crippen molar-refractivity contribution < 1.29 is 19.1 Å². The molecule has 0 heterocycles. The summed E-state index contributed by atoms with van der Waals surface area (Å²) in [6.45, 7) is 1.89. The highest BCUT2D eigenvalue weighted by Gasteiger charge is 2.35. The molecule has 0 aliphatic carbocycles. The maximum Gasteiger partial charge on any atom is 0.344 e. The number of aliphatic carboxylic acids is 1. The van der Waals surface area contributed by atoms with Crippen LogP contribution in [-0.2, 0) is 4.79 Å². The summed E-state index contributed by atoms with van der Waals surface area (Å²) in [5.74, 6) is -2.41. The van der Waals surface area contributed by atoms with Crippen molar-refractivity contribution >= 4 is 11.9 Å². The Morgan fingerprint density at radius 3 is 2.42 bits per heavy atom. The van der Waals surface area contributed by atoms with Gasteiger partial charge in [-0.3, -0.25) is 10.5 Å². The Morgan fingerprint density at radius 2 is 1.95 bits per heavy atom. The highest BCUT2D eigenvalue weighted by Crippen LogP contribution is 2.11. The van der Waals surface area contributed by atoms with Crippen molar-refractivity contribution in [1.82, 2.24) is 5.32 Å². The first-order chi connectivity index (χ1) is 8.89. The van der Waals surface area contributed by atoms with E-state index in [-0.39, 0.29) is 12.0 Å². The molecule has 1 amide bonds. The highest BCUT2D eigenvalue weighted by molar-refractivity contribution is 5.97. The van der Waals surface area contributed by atoms with Gasteiger partial charge in [0.25, 0.3) is 5.91 Å². The van der Waals surface area contributed by atoms with Gasteiger partial charge >= 0.3 is 5.97 Å². The van der Waals surface area contributed by atoms with Gasteiger partial charge in [-0.05, 0) is 37.1 Å². The molecule has 1 atom stereocenters. The van der Waals surface area contributed by atoms with Crippen molar-refractivity contribution in [1.29, 1.82) is 0 Å². The second-order valence-electron chi connectivity index (χ2n) is 4.34. The summed E-state index contributed by atoms with van der Waals surface area (Å²) in [6, 6.07) is 4.79. The van der Waals surface area contributed by atoms with E-state index in [9.17, 15) is 14.0 Å². The minimum atomic E-state index is -1.80. The van der Waals surface area contributed by atoms with Crippen LogP contribution in [0.3, 0.4) is 0 Å². The van der Waals surface area contributed by atoms with Crippen LogP contribution >= 0.6 is 0 Å². The van der Waals surface area contributed by atoms with Crippen molar-refractivity contribution in [3.05, 3.63) is 35.6 Å². The number of hydrogen-bond acceptors (Lipinski definition) is 3. The van der Waals surface area contributed by atoms with Crippen molar-refractivity contribution in [3.63, 3.8) is 0 Å². The summed E-state index contributed by atoms with van der Waals surface area (Å²) in [5.41, 5.74) is 4.05. The van der Waals surface area contributed by atoms with E-state index in [1.54, 1.807) is 0 Å². The first kappa shape index (κ1) is 15.1. The Labute approximate surface area is 110 Å². The molecule has 4 N–H and O–H groups in total. The Morgan fingerprint density at radius 1 is 1.37 bits per heavy atom. The van der Waals surface area contributed by atoms with Gasteiger partial charge in [0.05, 0.1) is 0 Å². The number of unbranched alkanes of at least 4 members (excludes halogenated alkanes) is 1. The van der Waals surface area contributed by atoms with Crippen LogP contribution in [0.1, 0.15) is 36.5 Å². The van der Waals surface area contributed by atoms with E-state index in [2.05, 4.69) is 5.32 Å². The molecular formula is C13H17FN2O3. The standard InChI is InChI=1S/C13H17FN2O3/c1-2-3-8-13(15,12(18)19)16-11(17)9-4-6-10(14)7-5-9/h4-7H,2-3,8,15H2,1H3,(H,16,17)(H,18,19). The zero-order valence-electron chi connectivity index (χ0n) is 10.6. The lowest BCUT2D eigenvalue weighted by Gasteiger charge is -2.25. The maximum absolute atomic E-state index is 12.7. The monoisotopic (exact) mass is 268 g/mol. The summed E-state index contributed by atoms with van der Waals surface area (Å²) < 4.78 is 12.7. The largest absolute Gasteiger partial charge is 0.478 e. The molecule has 0 spiro atoms. The fourth-order valence-electron chi connectivity index (χ4n) is 1.55. The van der Waals surface area contributed by atoms with Crippen molar-refractivity contribution in [2.24, 2.45) is 5.73 Å². The van der Waals surface area contributed by atoms with Gasteiger partial charge in [0, 0.05) is 5.56 Å². The first-order valence-corrected chi connectivity index (χ1v) is 5.99. The molecule has 1 rings (SSSR count). The van der Waals surface area contributed by atoms with E-state index in [4.69, 9.17) is 10.8 Å². The topological polar surface area (TPSA) is 92.4 Å². The fraction of sp³-hybridized carbons (Fsp3) is 0.385. The normalized spacial score (nSPS) is 13.6. The van der Waals surface area contributed by atoms with E-state index < -0.39 is 23.4 Å². The number of carbonyl (C=O) groups excluding carboxylic acids is 1. The molecule has 104 valence electrons. The lowest BCUT2D eigenvalue weighted by molar-refractivity contribution is -0.144. The average molecular weight is 268 g/mol. The average Bonchev–Trinajstić information content (AvgIpc) is 2.36. The third-order valence-corrected chi connectivity index (χ3v) is 2.75. The maximum atomic E-state index is 12.7. The third-order valence-electron chi connectivity index (χ3n) is 2.75. The number of nitrogens with two attached hydrogens (primary N) is 1. The molecule has 0 saturated heterocycles. The SMILES string of the molecule is CCCCC(N)(NC(=O)c1ccc(F)cc1)C(=O)O. The van der Waals surface area contributed by atoms with Crippen LogP contribution in [0, 0.1) is 5.82 Å². The number of carbonyl (C=O) groups is 2. The predicted molar refractivity (Wildman–Crippen MR) is 67.9 cm³/mol. The van der Waals surface area contributed by atoms with Crippen molar-refractivity contribution in [3.8, 4) is 0 Å². The summed E-state index contributed by atoms with van der Waals surface area (Å²) in [4.78, 5) is 23.0. The molecule has 0 aromatic heterocycles. The summed E-state index contributed by atoms with van der Waals surface area (Å²) in [6.07, 6.45) is 1.47. The van der Waals surface area contributed by atoms with Crippen LogP contribution in [0.5, 0.6) is 0 Å². The predicted octanol–water partition coefficient (Wildman–Crippen LogP) is 1.49. The molecule has 0 radical (unpaired) electrons. The first-order valence-electron chi connectivity index (χ1n) is 5.99. The Kier molecular flexibility index (Phi) is 5.00. The second-order valence-corrected chi connectivity index (χ2v) is 4.34. The molecule has 0 aliphatic heterocycles. The molecule has 6 heteroatoms. The van der Waals surface area contributed by atoms with Crippen LogP contribution in [0.4, 0.5) is 4.39 Å². The summed E-state index contributed by atoms with van der Waals surface area (Å²) in [7, 11) is 0. The van der Waals surface area contributed by atoms with Gasteiger partial charge in [-0.1, -0.05) is 13.3 Å². The van der Waals surface area contributed by atoms with Gasteiger partial charge in [0.15, 0.2) is 5.66 Å². The van der Waals surface area contributed by atoms with E-state index in [0.717, 1.165) is 18.6 Å². The number of hydrogen-bond donors (Lipinski definition) is 3. The number of carboxylic acid groups (broad SMARTS) is 1. The zero-order chi connectivity index (χ0) is 14.5. The Hall–Kier alpha value is -1.95. The molecule has 0 fully saturated rings.